The minimum atomic E-state index is -0.543. The van der Waals surface area contributed by atoms with Crippen LogP contribution in [-0.2, 0) is 17.8 Å². The van der Waals surface area contributed by atoms with E-state index < -0.39 is 16.6 Å². The Kier molecular flexibility index (Phi) is 8.53. The van der Waals surface area contributed by atoms with Crippen LogP contribution in [0.3, 0.4) is 0 Å². The second-order valence-electron chi connectivity index (χ2n) is 7.00. The Labute approximate surface area is 200 Å². The van der Waals surface area contributed by atoms with Gasteiger partial charge in [0.15, 0.2) is 11.5 Å². The largest absolute Gasteiger partial charge is 0.490 e. The second kappa shape index (κ2) is 11.8. The molecule has 0 fully saturated rings. The van der Waals surface area contributed by atoms with Crippen LogP contribution < -0.4 is 14.9 Å². The van der Waals surface area contributed by atoms with Crippen LogP contribution in [0.5, 0.6) is 11.5 Å². The fraction of sp³-hybridized carbons (Fsp3) is 0.167. The summed E-state index contributed by atoms with van der Waals surface area (Å²) in [5.74, 6) is -0.327. The number of rotatable bonds is 10. The van der Waals surface area contributed by atoms with Gasteiger partial charge in [0.2, 0.25) is 5.91 Å². The van der Waals surface area contributed by atoms with Crippen molar-refractivity contribution in [1.82, 2.24) is 5.43 Å². The Bertz CT molecular complexity index is 1220. The summed E-state index contributed by atoms with van der Waals surface area (Å²) in [6.45, 7) is 2.08. The number of hydrogen-bond donors (Lipinski definition) is 1. The summed E-state index contributed by atoms with van der Waals surface area (Å²) in [5.41, 5.74) is 3.35. The Balaban J connectivity index is 1.69. The summed E-state index contributed by atoms with van der Waals surface area (Å²) in [5, 5.41) is 15.2. The molecule has 0 atom stereocenters. The fourth-order valence-electron chi connectivity index (χ4n) is 3.06. The van der Waals surface area contributed by atoms with E-state index in [0.29, 0.717) is 23.5 Å². The first-order valence-corrected chi connectivity index (χ1v) is 10.6. The Morgan fingerprint density at radius 2 is 1.85 bits per heavy atom. The highest BCUT2D eigenvalue weighted by molar-refractivity contribution is 6.32. The molecule has 0 heterocycles. The number of hydrogen-bond acceptors (Lipinski definition) is 6. The molecule has 10 heteroatoms. The minimum Gasteiger partial charge on any atom is -0.490 e. The van der Waals surface area contributed by atoms with Gasteiger partial charge in [-0.2, -0.15) is 5.10 Å². The third kappa shape index (κ3) is 6.52. The summed E-state index contributed by atoms with van der Waals surface area (Å²) in [6.07, 6.45) is 1.15. The number of amides is 1. The molecule has 0 aliphatic carbocycles. The highest BCUT2D eigenvalue weighted by Crippen LogP contribution is 2.37. The lowest BCUT2D eigenvalue weighted by Crippen LogP contribution is -2.20. The molecule has 0 saturated carbocycles. The molecule has 0 spiro atoms. The van der Waals surface area contributed by atoms with Crippen molar-refractivity contribution in [3.05, 3.63) is 98.3 Å². The fourth-order valence-corrected chi connectivity index (χ4v) is 3.33. The second-order valence-corrected chi connectivity index (χ2v) is 7.41. The summed E-state index contributed by atoms with van der Waals surface area (Å²) < 4.78 is 25.2. The molecule has 1 N–H and O–H groups in total. The monoisotopic (exact) mass is 485 g/mol. The van der Waals surface area contributed by atoms with Crippen molar-refractivity contribution in [2.45, 2.75) is 20.0 Å². The number of benzene rings is 3. The first-order chi connectivity index (χ1) is 16.4. The van der Waals surface area contributed by atoms with E-state index in [2.05, 4.69) is 10.5 Å². The number of nitro groups is 1. The first-order valence-electron chi connectivity index (χ1n) is 10.3. The Morgan fingerprint density at radius 1 is 1.15 bits per heavy atom. The van der Waals surface area contributed by atoms with Crippen molar-refractivity contribution >= 4 is 29.4 Å². The molecule has 0 aliphatic rings. The van der Waals surface area contributed by atoms with Crippen LogP contribution in [0.2, 0.25) is 5.02 Å². The average Bonchev–Trinajstić information content (AvgIpc) is 2.80. The molecule has 0 radical (unpaired) electrons. The van der Waals surface area contributed by atoms with E-state index in [1.165, 1.54) is 30.5 Å². The van der Waals surface area contributed by atoms with Crippen LogP contribution in [-0.4, -0.2) is 23.7 Å². The van der Waals surface area contributed by atoms with Crippen molar-refractivity contribution in [2.24, 2.45) is 5.10 Å². The lowest BCUT2D eigenvalue weighted by molar-refractivity contribution is -0.385. The SMILES string of the molecule is CCOc1cc(C=NNC(=O)Cc2ccccc2[N+](=O)[O-])cc(Cl)c1OCc1ccccc1F. The first kappa shape index (κ1) is 24.7. The number of para-hydroxylation sites is 1. The number of halogens is 2. The van der Waals surface area contributed by atoms with E-state index in [4.69, 9.17) is 21.1 Å². The average molecular weight is 486 g/mol. The quantitative estimate of drug-likeness (QED) is 0.246. The van der Waals surface area contributed by atoms with E-state index in [1.54, 1.807) is 43.3 Å². The van der Waals surface area contributed by atoms with Crippen molar-refractivity contribution in [1.29, 1.82) is 0 Å². The predicted molar refractivity (Wildman–Crippen MR) is 126 cm³/mol. The van der Waals surface area contributed by atoms with Gasteiger partial charge >= 0.3 is 0 Å². The summed E-state index contributed by atoms with van der Waals surface area (Å²) in [7, 11) is 0. The van der Waals surface area contributed by atoms with Crippen LogP contribution in [0.4, 0.5) is 10.1 Å². The van der Waals surface area contributed by atoms with Gasteiger partial charge < -0.3 is 9.47 Å². The van der Waals surface area contributed by atoms with Crippen molar-refractivity contribution in [2.75, 3.05) is 6.61 Å². The molecule has 3 aromatic carbocycles. The summed E-state index contributed by atoms with van der Waals surface area (Å²) >= 11 is 6.36. The highest BCUT2D eigenvalue weighted by atomic mass is 35.5. The molecule has 8 nitrogen and oxygen atoms in total. The molecule has 3 aromatic rings. The van der Waals surface area contributed by atoms with Crippen molar-refractivity contribution in [3.63, 3.8) is 0 Å². The zero-order valence-electron chi connectivity index (χ0n) is 18.2. The van der Waals surface area contributed by atoms with Crippen LogP contribution in [0, 0.1) is 15.9 Å². The summed E-state index contributed by atoms with van der Waals surface area (Å²) in [6, 6.07) is 15.4. The van der Waals surface area contributed by atoms with Crippen LogP contribution >= 0.6 is 11.6 Å². The molecular formula is C24H21ClFN3O5. The van der Waals surface area contributed by atoms with Gasteiger partial charge in [-0.3, -0.25) is 14.9 Å². The van der Waals surface area contributed by atoms with Gasteiger partial charge in [-0.15, -0.1) is 0 Å². The third-order valence-electron chi connectivity index (χ3n) is 4.60. The molecule has 0 aromatic heterocycles. The Morgan fingerprint density at radius 3 is 2.56 bits per heavy atom. The number of nitrogens with one attached hydrogen (secondary N) is 1. The molecule has 34 heavy (non-hydrogen) atoms. The van der Waals surface area contributed by atoms with Crippen molar-refractivity contribution in [3.8, 4) is 11.5 Å². The molecule has 0 bridgehead atoms. The van der Waals surface area contributed by atoms with E-state index in [0.717, 1.165) is 0 Å². The molecular weight excluding hydrogens is 465 g/mol. The zero-order chi connectivity index (χ0) is 24.5. The van der Waals surface area contributed by atoms with Gasteiger partial charge in [-0.25, -0.2) is 9.82 Å². The van der Waals surface area contributed by atoms with E-state index in [-0.39, 0.29) is 35.1 Å². The van der Waals surface area contributed by atoms with Gasteiger partial charge in [-0.05, 0) is 30.7 Å². The van der Waals surface area contributed by atoms with Gasteiger partial charge in [0.05, 0.1) is 29.2 Å². The number of carbonyl (C=O) groups is 1. The van der Waals surface area contributed by atoms with Gasteiger partial charge in [0.25, 0.3) is 5.69 Å². The van der Waals surface area contributed by atoms with Crippen LogP contribution in [0.1, 0.15) is 23.6 Å². The Hall–Kier alpha value is -3.98. The van der Waals surface area contributed by atoms with E-state index >= 15 is 0 Å². The molecule has 0 unspecified atom stereocenters. The maximum atomic E-state index is 13.9. The molecule has 176 valence electrons. The van der Waals surface area contributed by atoms with Crippen LogP contribution in [0.25, 0.3) is 0 Å². The standard InChI is InChI=1S/C24H21ClFN3O5/c1-2-33-22-12-16(11-19(25)24(22)34-15-18-8-3-5-9-20(18)26)14-27-28-23(30)13-17-7-4-6-10-21(17)29(31)32/h3-12,14H,2,13,15H2,1H3,(H,28,30). The lowest BCUT2D eigenvalue weighted by atomic mass is 10.1. The highest BCUT2D eigenvalue weighted by Gasteiger charge is 2.16. The number of carbonyl (C=O) groups excluding carboxylic acids is 1. The minimum absolute atomic E-state index is 0.0401. The number of nitro benzene ring substituents is 1. The zero-order valence-corrected chi connectivity index (χ0v) is 18.9. The van der Waals surface area contributed by atoms with Gasteiger partial charge in [-0.1, -0.05) is 48.0 Å². The number of nitrogens with zero attached hydrogens (tertiary/aromatic N) is 2. The van der Waals surface area contributed by atoms with E-state index in [9.17, 15) is 19.3 Å². The molecule has 0 saturated heterocycles. The molecule has 3 rings (SSSR count). The lowest BCUT2D eigenvalue weighted by Gasteiger charge is -2.14. The number of ether oxygens (including phenoxy) is 2. The normalized spacial score (nSPS) is 10.8. The molecule has 0 aliphatic heterocycles. The van der Waals surface area contributed by atoms with Crippen molar-refractivity contribution < 1.29 is 23.6 Å². The van der Waals surface area contributed by atoms with E-state index in [1.807, 2.05) is 0 Å². The van der Waals surface area contributed by atoms with Gasteiger partial charge in [0, 0.05) is 17.2 Å². The van der Waals surface area contributed by atoms with Gasteiger partial charge in [0.1, 0.15) is 12.4 Å². The smallest absolute Gasteiger partial charge is 0.273 e. The predicted octanol–water partition coefficient (Wildman–Crippen LogP) is 5.06. The maximum absolute atomic E-state index is 13.9. The third-order valence-corrected chi connectivity index (χ3v) is 4.88. The number of hydrazone groups is 1. The molecule has 1 amide bonds. The summed E-state index contributed by atoms with van der Waals surface area (Å²) in [4.78, 5) is 22.7. The maximum Gasteiger partial charge on any atom is 0.273 e. The van der Waals surface area contributed by atoms with Crippen LogP contribution in [0.15, 0.2) is 65.8 Å². The topological polar surface area (TPSA) is 103 Å².